The van der Waals surface area contributed by atoms with E-state index in [2.05, 4.69) is 6.58 Å². The molecule has 4 heteroatoms. The van der Waals surface area contributed by atoms with Crippen molar-refractivity contribution in [3.05, 3.63) is 36.0 Å². The number of hydrogen-bond acceptors (Lipinski definition) is 2. The van der Waals surface area contributed by atoms with Crippen LogP contribution in [-0.2, 0) is 9.59 Å². The Morgan fingerprint density at radius 2 is 1.62 bits per heavy atom. The Morgan fingerprint density at radius 1 is 1.15 bits per heavy atom. The number of aliphatic carboxylic acids is 2. The maximum atomic E-state index is 10.5. The van der Waals surface area contributed by atoms with Gasteiger partial charge >= 0.3 is 11.9 Å². The largest absolute Gasteiger partial charge is 0.478 e. The van der Waals surface area contributed by atoms with E-state index in [-0.39, 0.29) is 11.1 Å². The molecule has 70 valence electrons. The van der Waals surface area contributed by atoms with Gasteiger partial charge in [-0.05, 0) is 13.0 Å². The number of rotatable bonds is 4. The Hall–Kier alpha value is -1.84. The first kappa shape index (κ1) is 11.2. The van der Waals surface area contributed by atoms with Gasteiger partial charge in [0.1, 0.15) is 0 Å². The molecule has 13 heavy (non-hydrogen) atoms. The number of allylic oxidation sites excluding steroid dienone is 1. The van der Waals surface area contributed by atoms with Crippen molar-refractivity contribution in [3.8, 4) is 0 Å². The zero-order valence-corrected chi connectivity index (χ0v) is 7.15. The second kappa shape index (κ2) is 4.92. The van der Waals surface area contributed by atoms with Gasteiger partial charge in [-0.1, -0.05) is 18.7 Å². The molecule has 0 aromatic carbocycles. The first-order chi connectivity index (χ1) is 6.02. The van der Waals surface area contributed by atoms with Crippen LogP contribution in [0, 0.1) is 0 Å². The summed E-state index contributed by atoms with van der Waals surface area (Å²) in [6.07, 6.45) is 3.46. The zero-order chi connectivity index (χ0) is 10.4. The van der Waals surface area contributed by atoms with Crippen molar-refractivity contribution >= 4 is 11.9 Å². The molecule has 0 aromatic heterocycles. The average Bonchev–Trinajstić information content (AvgIpc) is 2.05. The van der Waals surface area contributed by atoms with Gasteiger partial charge in [-0.2, -0.15) is 0 Å². The Balaban J connectivity index is 4.98. The van der Waals surface area contributed by atoms with E-state index in [1.165, 1.54) is 13.0 Å². The van der Waals surface area contributed by atoms with Crippen LogP contribution >= 0.6 is 0 Å². The minimum absolute atomic E-state index is 0.0719. The third-order valence-corrected chi connectivity index (χ3v) is 1.34. The molecule has 0 saturated carbocycles. The van der Waals surface area contributed by atoms with Crippen molar-refractivity contribution in [2.75, 3.05) is 0 Å². The van der Waals surface area contributed by atoms with Gasteiger partial charge in [0, 0.05) is 0 Å². The quantitative estimate of drug-likeness (QED) is 0.506. The Kier molecular flexibility index (Phi) is 4.23. The summed E-state index contributed by atoms with van der Waals surface area (Å²) in [4.78, 5) is 20.9. The van der Waals surface area contributed by atoms with E-state index in [0.29, 0.717) is 0 Å². The van der Waals surface area contributed by atoms with Gasteiger partial charge in [-0.15, -0.1) is 0 Å². The Morgan fingerprint density at radius 3 is 1.85 bits per heavy atom. The molecule has 0 amide bonds. The third-order valence-electron chi connectivity index (χ3n) is 1.34. The summed E-state index contributed by atoms with van der Waals surface area (Å²) >= 11 is 0. The van der Waals surface area contributed by atoms with Crippen LogP contribution in [0.2, 0.25) is 0 Å². The topological polar surface area (TPSA) is 74.6 Å². The highest BCUT2D eigenvalue weighted by Crippen LogP contribution is 2.04. The zero-order valence-electron chi connectivity index (χ0n) is 7.15. The highest BCUT2D eigenvalue weighted by atomic mass is 16.4. The first-order valence-corrected chi connectivity index (χ1v) is 3.50. The molecule has 0 aliphatic carbocycles. The molecule has 0 rings (SSSR count). The standard InChI is InChI=1S/C9H10O4/c1-3-6(8(10)11)5-7(4-2)9(12)13/h3-5H,1H2,2H3,(H,10,11)(H,12,13)/b6-5+,7-4+. The maximum absolute atomic E-state index is 10.5. The normalized spacial score (nSPS) is 12.4. The fourth-order valence-corrected chi connectivity index (χ4v) is 0.644. The summed E-state index contributed by atoms with van der Waals surface area (Å²) in [5, 5.41) is 17.1. The van der Waals surface area contributed by atoms with Crippen LogP contribution in [-0.4, -0.2) is 22.2 Å². The fourth-order valence-electron chi connectivity index (χ4n) is 0.644. The van der Waals surface area contributed by atoms with Gasteiger partial charge in [0.05, 0.1) is 11.1 Å². The number of carboxylic acid groups (broad SMARTS) is 2. The van der Waals surface area contributed by atoms with Crippen molar-refractivity contribution in [1.29, 1.82) is 0 Å². The van der Waals surface area contributed by atoms with Crippen LogP contribution in [0.4, 0.5) is 0 Å². The van der Waals surface area contributed by atoms with E-state index in [4.69, 9.17) is 10.2 Å². The second-order valence-electron chi connectivity index (χ2n) is 2.16. The summed E-state index contributed by atoms with van der Waals surface area (Å²) in [7, 11) is 0. The van der Waals surface area contributed by atoms with E-state index < -0.39 is 11.9 Å². The Labute approximate surface area is 75.5 Å². The lowest BCUT2D eigenvalue weighted by Gasteiger charge is -1.95. The molecule has 0 radical (unpaired) electrons. The first-order valence-electron chi connectivity index (χ1n) is 3.50. The summed E-state index contributed by atoms with van der Waals surface area (Å²) in [6, 6.07) is 0. The van der Waals surface area contributed by atoms with Crippen molar-refractivity contribution in [2.45, 2.75) is 6.92 Å². The van der Waals surface area contributed by atoms with Crippen molar-refractivity contribution < 1.29 is 19.8 Å². The lowest BCUT2D eigenvalue weighted by Crippen LogP contribution is -2.02. The van der Waals surface area contributed by atoms with Crippen LogP contribution in [0.1, 0.15) is 6.92 Å². The molecule has 0 fully saturated rings. The van der Waals surface area contributed by atoms with Crippen LogP contribution < -0.4 is 0 Å². The highest BCUT2D eigenvalue weighted by molar-refractivity contribution is 5.96. The molecule has 0 unspecified atom stereocenters. The summed E-state index contributed by atoms with van der Waals surface area (Å²) in [5.74, 6) is -2.36. The van der Waals surface area contributed by atoms with Crippen molar-refractivity contribution in [1.82, 2.24) is 0 Å². The fraction of sp³-hybridized carbons (Fsp3) is 0.111. The summed E-state index contributed by atoms with van der Waals surface area (Å²) in [6.45, 7) is 4.78. The van der Waals surface area contributed by atoms with E-state index in [9.17, 15) is 9.59 Å². The van der Waals surface area contributed by atoms with Crippen molar-refractivity contribution in [3.63, 3.8) is 0 Å². The number of carboxylic acids is 2. The Bertz CT molecular complexity index is 297. The molecular formula is C9H10O4. The molecule has 0 spiro atoms. The molecule has 0 saturated heterocycles. The van der Waals surface area contributed by atoms with Gasteiger partial charge in [0.15, 0.2) is 0 Å². The van der Waals surface area contributed by atoms with Crippen LogP contribution in [0.25, 0.3) is 0 Å². The van der Waals surface area contributed by atoms with Crippen LogP contribution in [0.3, 0.4) is 0 Å². The molecule has 0 heterocycles. The molecule has 4 nitrogen and oxygen atoms in total. The van der Waals surface area contributed by atoms with Gasteiger partial charge in [0.25, 0.3) is 0 Å². The van der Waals surface area contributed by atoms with Crippen LogP contribution in [0.15, 0.2) is 36.0 Å². The lowest BCUT2D eigenvalue weighted by molar-refractivity contribution is -0.132. The minimum atomic E-state index is -1.20. The molecule has 0 bridgehead atoms. The van der Waals surface area contributed by atoms with Crippen LogP contribution in [0.5, 0.6) is 0 Å². The lowest BCUT2D eigenvalue weighted by atomic mass is 10.1. The van der Waals surface area contributed by atoms with Gasteiger partial charge in [0.2, 0.25) is 0 Å². The number of carbonyl (C=O) groups is 2. The molecule has 0 atom stereocenters. The van der Waals surface area contributed by atoms with E-state index >= 15 is 0 Å². The molecule has 0 aliphatic rings. The average molecular weight is 182 g/mol. The molecule has 0 aliphatic heterocycles. The molecule has 2 N–H and O–H groups in total. The molecular weight excluding hydrogens is 172 g/mol. The predicted octanol–water partition coefficient (Wildman–Crippen LogP) is 1.21. The van der Waals surface area contributed by atoms with Gasteiger partial charge in [-0.3, -0.25) is 0 Å². The SMILES string of the molecule is C=C/C(=C\C(=C/C)C(=O)O)C(=O)O. The van der Waals surface area contributed by atoms with Crippen molar-refractivity contribution in [2.24, 2.45) is 0 Å². The van der Waals surface area contributed by atoms with Gasteiger partial charge in [-0.25, -0.2) is 9.59 Å². The maximum Gasteiger partial charge on any atom is 0.335 e. The third kappa shape index (κ3) is 3.37. The monoisotopic (exact) mass is 182 g/mol. The molecule has 0 aromatic rings. The van der Waals surface area contributed by atoms with E-state index in [1.807, 2.05) is 0 Å². The second-order valence-corrected chi connectivity index (χ2v) is 2.16. The number of hydrogen-bond donors (Lipinski definition) is 2. The van der Waals surface area contributed by atoms with E-state index in [1.54, 1.807) is 0 Å². The van der Waals surface area contributed by atoms with E-state index in [0.717, 1.165) is 12.2 Å². The minimum Gasteiger partial charge on any atom is -0.478 e. The van der Waals surface area contributed by atoms with Gasteiger partial charge < -0.3 is 10.2 Å². The summed E-state index contributed by atoms with van der Waals surface area (Å²) in [5.41, 5.74) is -0.215. The predicted molar refractivity (Wildman–Crippen MR) is 47.3 cm³/mol. The smallest absolute Gasteiger partial charge is 0.335 e. The highest BCUT2D eigenvalue weighted by Gasteiger charge is 2.07. The summed E-state index contributed by atoms with van der Waals surface area (Å²) < 4.78 is 0.